The van der Waals surface area contributed by atoms with Gasteiger partial charge in [0.1, 0.15) is 0 Å². The minimum atomic E-state index is -2.01. The summed E-state index contributed by atoms with van der Waals surface area (Å²) in [6.07, 6.45) is 2.98. The summed E-state index contributed by atoms with van der Waals surface area (Å²) < 4.78 is 0.692. The molecule has 0 bridgehead atoms. The van der Waals surface area contributed by atoms with E-state index in [0.29, 0.717) is 10.2 Å². The second kappa shape index (κ2) is 5.78. The number of urea groups is 1. The van der Waals surface area contributed by atoms with Gasteiger partial charge in [-0.25, -0.2) is 9.59 Å². The van der Waals surface area contributed by atoms with Crippen LogP contribution in [0.15, 0.2) is 22.9 Å². The number of hydrogen-bond donors (Lipinski definition) is 4. The maximum absolute atomic E-state index is 11.4. The summed E-state index contributed by atoms with van der Waals surface area (Å²) in [5.41, 5.74) is -1.57. The number of carboxylic acid groups (broad SMARTS) is 1. The number of anilines is 1. The van der Waals surface area contributed by atoms with E-state index < -0.39 is 24.1 Å². The van der Waals surface area contributed by atoms with E-state index >= 15 is 0 Å². The van der Waals surface area contributed by atoms with Crippen LogP contribution in [0.25, 0.3) is 0 Å². The highest BCUT2D eigenvalue weighted by atomic mass is 79.9. The van der Waals surface area contributed by atoms with E-state index in [1.165, 1.54) is 6.20 Å². The summed E-state index contributed by atoms with van der Waals surface area (Å²) in [5.74, 6) is -1.41. The fraction of sp³-hybridized carbons (Fsp3) is 0.300. The molecule has 1 aromatic heterocycles. The smallest absolute Gasteiger partial charge is 0.337 e. The second-order valence-corrected chi connectivity index (χ2v) is 4.69. The van der Waals surface area contributed by atoms with E-state index in [1.807, 2.05) is 0 Å². The standard InChI is InChI=1S/C10H12BrN3O4/c1-10(18,8(15)16)5-13-9(17)14-7-2-6(11)3-12-4-7/h2-4,18H,5H2,1H3,(H,15,16)(H2,13,14,17). The number of amides is 2. The molecule has 18 heavy (non-hydrogen) atoms. The number of hydrogen-bond acceptors (Lipinski definition) is 4. The summed E-state index contributed by atoms with van der Waals surface area (Å²) in [5, 5.41) is 22.7. The molecule has 0 fully saturated rings. The molecule has 0 aliphatic rings. The minimum Gasteiger partial charge on any atom is -0.479 e. The Bertz CT molecular complexity index is 464. The number of aromatic nitrogens is 1. The quantitative estimate of drug-likeness (QED) is 0.656. The molecule has 1 atom stereocenters. The van der Waals surface area contributed by atoms with E-state index in [4.69, 9.17) is 5.11 Å². The van der Waals surface area contributed by atoms with Crippen LogP contribution in [0.5, 0.6) is 0 Å². The Balaban J connectivity index is 2.50. The number of halogens is 1. The molecule has 4 N–H and O–H groups in total. The molecule has 98 valence electrons. The molecule has 0 aliphatic heterocycles. The molecule has 1 rings (SSSR count). The monoisotopic (exact) mass is 317 g/mol. The number of nitrogens with zero attached hydrogens (tertiary/aromatic N) is 1. The Morgan fingerprint density at radius 2 is 2.17 bits per heavy atom. The third-order valence-electron chi connectivity index (χ3n) is 2.02. The molecule has 1 unspecified atom stereocenters. The van der Waals surface area contributed by atoms with Gasteiger partial charge in [-0.15, -0.1) is 0 Å². The fourth-order valence-electron chi connectivity index (χ4n) is 0.984. The first-order valence-electron chi connectivity index (χ1n) is 4.92. The highest BCUT2D eigenvalue weighted by Crippen LogP contribution is 2.13. The van der Waals surface area contributed by atoms with Crippen LogP contribution in [0.1, 0.15) is 6.92 Å². The van der Waals surface area contributed by atoms with Gasteiger partial charge in [-0.2, -0.15) is 0 Å². The number of carboxylic acids is 1. The Labute approximate surface area is 111 Å². The van der Waals surface area contributed by atoms with Crippen molar-refractivity contribution >= 4 is 33.6 Å². The Morgan fingerprint density at radius 1 is 1.50 bits per heavy atom. The van der Waals surface area contributed by atoms with Gasteiger partial charge in [-0.05, 0) is 28.9 Å². The molecular formula is C10H12BrN3O4. The fourth-order valence-corrected chi connectivity index (χ4v) is 1.35. The van der Waals surface area contributed by atoms with E-state index in [1.54, 1.807) is 12.3 Å². The number of rotatable bonds is 4. The molecule has 7 nitrogen and oxygen atoms in total. The predicted octanol–water partition coefficient (Wildman–Crippen LogP) is 0.801. The second-order valence-electron chi connectivity index (χ2n) is 3.78. The molecule has 1 heterocycles. The van der Waals surface area contributed by atoms with E-state index in [0.717, 1.165) is 6.92 Å². The number of aliphatic carboxylic acids is 1. The SMILES string of the molecule is CC(O)(CNC(=O)Nc1cncc(Br)c1)C(=O)O. The first kappa shape index (κ1) is 14.4. The normalized spacial score (nSPS) is 13.5. The number of nitrogens with one attached hydrogen (secondary N) is 2. The van der Waals surface area contributed by atoms with Crippen molar-refractivity contribution in [1.29, 1.82) is 0 Å². The molecule has 1 aromatic rings. The molecule has 0 radical (unpaired) electrons. The molecule has 0 aliphatic carbocycles. The van der Waals surface area contributed by atoms with Gasteiger partial charge in [0.25, 0.3) is 0 Å². The maximum Gasteiger partial charge on any atom is 0.337 e. The Kier molecular flexibility index (Phi) is 4.62. The van der Waals surface area contributed by atoms with Crippen LogP contribution in [0.3, 0.4) is 0 Å². The van der Waals surface area contributed by atoms with Gasteiger partial charge in [0.05, 0.1) is 18.4 Å². The number of carbonyl (C=O) groups excluding carboxylic acids is 1. The zero-order valence-corrected chi connectivity index (χ0v) is 11.1. The Hall–Kier alpha value is -1.67. The lowest BCUT2D eigenvalue weighted by atomic mass is 10.1. The zero-order chi connectivity index (χ0) is 13.8. The van der Waals surface area contributed by atoms with Crippen LogP contribution in [0.2, 0.25) is 0 Å². The van der Waals surface area contributed by atoms with Crippen molar-refractivity contribution in [3.63, 3.8) is 0 Å². The summed E-state index contributed by atoms with van der Waals surface area (Å²) in [7, 11) is 0. The van der Waals surface area contributed by atoms with Gasteiger partial charge in [-0.1, -0.05) is 0 Å². The highest BCUT2D eigenvalue weighted by Gasteiger charge is 2.30. The molecule has 0 saturated carbocycles. The molecule has 0 aromatic carbocycles. The van der Waals surface area contributed by atoms with Crippen molar-refractivity contribution in [3.8, 4) is 0 Å². The van der Waals surface area contributed by atoms with Gasteiger partial charge in [0.2, 0.25) is 0 Å². The molecular weight excluding hydrogens is 306 g/mol. The van der Waals surface area contributed by atoms with Crippen molar-refractivity contribution in [3.05, 3.63) is 22.9 Å². The lowest BCUT2D eigenvalue weighted by Gasteiger charge is -2.18. The average molecular weight is 318 g/mol. The number of pyridine rings is 1. The molecule has 2 amide bonds. The summed E-state index contributed by atoms with van der Waals surface area (Å²) >= 11 is 3.19. The lowest BCUT2D eigenvalue weighted by Crippen LogP contribution is -2.47. The third-order valence-corrected chi connectivity index (χ3v) is 2.45. The topological polar surface area (TPSA) is 112 Å². The average Bonchev–Trinajstić information content (AvgIpc) is 2.26. The van der Waals surface area contributed by atoms with Crippen molar-refractivity contribution in [1.82, 2.24) is 10.3 Å². The largest absolute Gasteiger partial charge is 0.479 e. The summed E-state index contributed by atoms with van der Waals surface area (Å²) in [6, 6.07) is 0.999. The van der Waals surface area contributed by atoms with Crippen LogP contribution < -0.4 is 10.6 Å². The van der Waals surface area contributed by atoms with Crippen LogP contribution in [-0.4, -0.2) is 39.3 Å². The van der Waals surface area contributed by atoms with Crippen LogP contribution >= 0.6 is 15.9 Å². The van der Waals surface area contributed by atoms with Gasteiger partial charge < -0.3 is 20.8 Å². The number of carbonyl (C=O) groups is 2. The van der Waals surface area contributed by atoms with E-state index in [-0.39, 0.29) is 0 Å². The zero-order valence-electron chi connectivity index (χ0n) is 9.48. The lowest BCUT2D eigenvalue weighted by molar-refractivity contribution is -0.155. The van der Waals surface area contributed by atoms with E-state index in [2.05, 4.69) is 31.5 Å². The number of aliphatic hydroxyl groups is 1. The van der Waals surface area contributed by atoms with Crippen LogP contribution in [-0.2, 0) is 4.79 Å². The third kappa shape index (κ3) is 4.30. The first-order valence-corrected chi connectivity index (χ1v) is 5.72. The first-order chi connectivity index (χ1) is 8.31. The predicted molar refractivity (Wildman–Crippen MR) is 67.2 cm³/mol. The van der Waals surface area contributed by atoms with Gasteiger partial charge in [-0.3, -0.25) is 4.98 Å². The summed E-state index contributed by atoms with van der Waals surface area (Å²) in [6.45, 7) is 0.686. The van der Waals surface area contributed by atoms with Crippen LogP contribution in [0.4, 0.5) is 10.5 Å². The van der Waals surface area contributed by atoms with Gasteiger partial charge >= 0.3 is 12.0 Å². The van der Waals surface area contributed by atoms with Crippen molar-refractivity contribution < 1.29 is 19.8 Å². The minimum absolute atomic E-state index is 0.407. The van der Waals surface area contributed by atoms with Crippen molar-refractivity contribution in [2.45, 2.75) is 12.5 Å². The summed E-state index contributed by atoms with van der Waals surface area (Å²) in [4.78, 5) is 25.9. The molecule has 0 spiro atoms. The van der Waals surface area contributed by atoms with Crippen molar-refractivity contribution in [2.75, 3.05) is 11.9 Å². The van der Waals surface area contributed by atoms with Gasteiger partial charge in [0, 0.05) is 10.7 Å². The molecule has 0 saturated heterocycles. The Morgan fingerprint density at radius 3 is 2.72 bits per heavy atom. The van der Waals surface area contributed by atoms with Gasteiger partial charge in [0.15, 0.2) is 5.60 Å². The maximum atomic E-state index is 11.4. The molecule has 8 heteroatoms. The van der Waals surface area contributed by atoms with Crippen molar-refractivity contribution in [2.24, 2.45) is 0 Å². The van der Waals surface area contributed by atoms with E-state index in [9.17, 15) is 14.7 Å². The highest BCUT2D eigenvalue weighted by molar-refractivity contribution is 9.10. The van der Waals surface area contributed by atoms with Crippen LogP contribution in [0, 0.1) is 0 Å².